The van der Waals surface area contributed by atoms with Gasteiger partial charge in [0.15, 0.2) is 0 Å². The maximum Gasteiger partial charge on any atom is 0.123 e. The third-order valence-electron chi connectivity index (χ3n) is 2.70. The van der Waals surface area contributed by atoms with Gasteiger partial charge in [0.2, 0.25) is 0 Å². The van der Waals surface area contributed by atoms with Crippen LogP contribution in [0.2, 0.25) is 0 Å². The molecule has 1 saturated carbocycles. The largest absolute Gasteiger partial charge is 0.387 e. The number of nitrogens with one attached hydrogen (secondary N) is 1. The minimum atomic E-state index is -0.612. The van der Waals surface area contributed by atoms with Crippen molar-refractivity contribution in [3.8, 4) is 0 Å². The van der Waals surface area contributed by atoms with Gasteiger partial charge in [0, 0.05) is 6.54 Å². The van der Waals surface area contributed by atoms with Crippen molar-refractivity contribution in [2.24, 2.45) is 5.92 Å². The van der Waals surface area contributed by atoms with Crippen LogP contribution in [0.1, 0.15) is 24.5 Å². The van der Waals surface area contributed by atoms with Crippen LogP contribution in [0.5, 0.6) is 0 Å². The lowest BCUT2D eigenvalue weighted by Gasteiger charge is -2.11. The van der Waals surface area contributed by atoms with Crippen molar-refractivity contribution in [3.63, 3.8) is 0 Å². The Morgan fingerprint density at radius 1 is 1.47 bits per heavy atom. The molecule has 82 valence electrons. The van der Waals surface area contributed by atoms with Gasteiger partial charge in [0.05, 0.1) is 6.10 Å². The molecule has 15 heavy (non-hydrogen) atoms. The second kappa shape index (κ2) is 4.73. The van der Waals surface area contributed by atoms with E-state index in [-0.39, 0.29) is 5.82 Å². The molecular weight excluding hydrogens is 193 g/mol. The van der Waals surface area contributed by atoms with Crippen LogP contribution in [-0.4, -0.2) is 18.2 Å². The summed E-state index contributed by atoms with van der Waals surface area (Å²) in [6.07, 6.45) is 1.98. The minimum absolute atomic E-state index is 0.297. The van der Waals surface area contributed by atoms with Crippen LogP contribution in [-0.2, 0) is 0 Å². The summed E-state index contributed by atoms with van der Waals surface area (Å²) in [5.41, 5.74) is 0.637. The van der Waals surface area contributed by atoms with Gasteiger partial charge < -0.3 is 10.4 Å². The van der Waals surface area contributed by atoms with E-state index >= 15 is 0 Å². The fourth-order valence-electron chi connectivity index (χ4n) is 1.58. The Labute approximate surface area is 89.1 Å². The van der Waals surface area contributed by atoms with E-state index in [1.165, 1.54) is 25.0 Å². The molecule has 1 aromatic rings. The van der Waals surface area contributed by atoms with Gasteiger partial charge in [-0.05, 0) is 43.0 Å². The molecule has 1 aliphatic rings. The molecule has 0 heterocycles. The topological polar surface area (TPSA) is 32.3 Å². The maximum absolute atomic E-state index is 12.9. The average Bonchev–Trinajstić information content (AvgIpc) is 3.01. The van der Waals surface area contributed by atoms with Crippen molar-refractivity contribution in [2.75, 3.05) is 13.1 Å². The van der Waals surface area contributed by atoms with Gasteiger partial charge in [0.1, 0.15) is 5.82 Å². The third kappa shape index (κ3) is 3.29. The van der Waals surface area contributed by atoms with Crippen LogP contribution in [0.25, 0.3) is 0 Å². The van der Waals surface area contributed by atoms with Crippen molar-refractivity contribution < 1.29 is 9.50 Å². The smallest absolute Gasteiger partial charge is 0.123 e. The molecule has 2 N–H and O–H groups in total. The summed E-state index contributed by atoms with van der Waals surface area (Å²) >= 11 is 0. The van der Waals surface area contributed by atoms with E-state index in [2.05, 4.69) is 5.32 Å². The maximum atomic E-state index is 12.9. The van der Waals surface area contributed by atoms with Gasteiger partial charge in [-0.15, -0.1) is 0 Å². The van der Waals surface area contributed by atoms with Crippen molar-refractivity contribution in [1.82, 2.24) is 5.32 Å². The van der Waals surface area contributed by atoms with Crippen LogP contribution >= 0.6 is 0 Å². The zero-order valence-electron chi connectivity index (χ0n) is 8.62. The predicted molar refractivity (Wildman–Crippen MR) is 57.0 cm³/mol. The number of aliphatic hydroxyl groups excluding tert-OH is 1. The van der Waals surface area contributed by atoms with Gasteiger partial charge in [-0.2, -0.15) is 0 Å². The van der Waals surface area contributed by atoms with E-state index in [4.69, 9.17) is 0 Å². The van der Waals surface area contributed by atoms with Crippen LogP contribution < -0.4 is 5.32 Å². The normalized spacial score (nSPS) is 17.7. The number of halogens is 1. The van der Waals surface area contributed by atoms with Crippen molar-refractivity contribution >= 4 is 0 Å². The second-order valence-electron chi connectivity index (χ2n) is 4.17. The zero-order valence-corrected chi connectivity index (χ0v) is 8.62. The summed E-state index contributed by atoms with van der Waals surface area (Å²) in [6, 6.07) is 6.12. The molecule has 1 atom stereocenters. The summed E-state index contributed by atoms with van der Waals surface area (Å²) in [5, 5.41) is 12.9. The van der Waals surface area contributed by atoms with Crippen molar-refractivity contribution in [3.05, 3.63) is 35.6 Å². The zero-order chi connectivity index (χ0) is 10.7. The second-order valence-corrected chi connectivity index (χ2v) is 4.17. The molecule has 0 amide bonds. The number of rotatable bonds is 5. The summed E-state index contributed by atoms with van der Waals surface area (Å²) in [5.74, 6) is 0.499. The first-order valence-electron chi connectivity index (χ1n) is 5.40. The molecule has 1 unspecified atom stereocenters. The Hall–Kier alpha value is -0.930. The highest BCUT2D eigenvalue weighted by molar-refractivity contribution is 5.18. The molecule has 3 heteroatoms. The molecule has 0 aromatic heterocycles. The van der Waals surface area contributed by atoms with E-state index in [0.717, 1.165) is 12.5 Å². The standard InChI is InChI=1S/C12H16FNO/c13-11-3-1-2-10(6-11)12(15)8-14-7-9-4-5-9/h1-3,6,9,12,14-15H,4-5,7-8H2. The third-order valence-corrected chi connectivity index (χ3v) is 2.70. The Morgan fingerprint density at radius 2 is 2.27 bits per heavy atom. The monoisotopic (exact) mass is 209 g/mol. The summed E-state index contributed by atoms with van der Waals surface area (Å²) in [4.78, 5) is 0. The van der Waals surface area contributed by atoms with E-state index in [0.29, 0.717) is 12.1 Å². The predicted octanol–water partition coefficient (Wildman–Crippen LogP) is 1.86. The van der Waals surface area contributed by atoms with Crippen LogP contribution in [0.4, 0.5) is 4.39 Å². The van der Waals surface area contributed by atoms with Gasteiger partial charge >= 0.3 is 0 Å². The Kier molecular flexibility index (Phi) is 3.34. The molecule has 0 spiro atoms. The number of aliphatic hydroxyl groups is 1. The lowest BCUT2D eigenvalue weighted by atomic mass is 10.1. The summed E-state index contributed by atoms with van der Waals surface area (Å²) < 4.78 is 12.9. The molecule has 1 aliphatic carbocycles. The average molecular weight is 209 g/mol. The van der Waals surface area contributed by atoms with E-state index < -0.39 is 6.10 Å². The van der Waals surface area contributed by atoms with Gasteiger partial charge in [0.25, 0.3) is 0 Å². The summed E-state index contributed by atoms with van der Waals surface area (Å²) in [7, 11) is 0. The number of hydrogen-bond donors (Lipinski definition) is 2. The first kappa shape index (κ1) is 10.6. The molecule has 0 saturated heterocycles. The highest BCUT2D eigenvalue weighted by Crippen LogP contribution is 2.27. The quantitative estimate of drug-likeness (QED) is 0.775. The van der Waals surface area contributed by atoms with Gasteiger partial charge in [-0.1, -0.05) is 12.1 Å². The lowest BCUT2D eigenvalue weighted by molar-refractivity contribution is 0.174. The van der Waals surface area contributed by atoms with E-state index in [1.54, 1.807) is 12.1 Å². The van der Waals surface area contributed by atoms with Gasteiger partial charge in [-0.3, -0.25) is 0 Å². The molecule has 1 fully saturated rings. The Balaban J connectivity index is 1.80. The molecule has 1 aromatic carbocycles. The molecule has 0 radical (unpaired) electrons. The molecule has 2 rings (SSSR count). The number of benzene rings is 1. The fraction of sp³-hybridized carbons (Fsp3) is 0.500. The SMILES string of the molecule is OC(CNCC1CC1)c1cccc(F)c1. The van der Waals surface area contributed by atoms with E-state index in [9.17, 15) is 9.50 Å². The highest BCUT2D eigenvalue weighted by atomic mass is 19.1. The van der Waals surface area contributed by atoms with Crippen molar-refractivity contribution in [1.29, 1.82) is 0 Å². The summed E-state index contributed by atoms with van der Waals surface area (Å²) in [6.45, 7) is 1.46. The van der Waals surface area contributed by atoms with Crippen LogP contribution in [0.15, 0.2) is 24.3 Å². The first-order chi connectivity index (χ1) is 7.25. The fourth-order valence-corrected chi connectivity index (χ4v) is 1.58. The lowest BCUT2D eigenvalue weighted by Crippen LogP contribution is -2.23. The van der Waals surface area contributed by atoms with Crippen LogP contribution in [0.3, 0.4) is 0 Å². The minimum Gasteiger partial charge on any atom is -0.387 e. The number of hydrogen-bond acceptors (Lipinski definition) is 2. The van der Waals surface area contributed by atoms with Gasteiger partial charge in [-0.25, -0.2) is 4.39 Å². The molecule has 0 aliphatic heterocycles. The molecular formula is C12H16FNO. The molecule has 0 bridgehead atoms. The highest BCUT2D eigenvalue weighted by Gasteiger charge is 2.20. The Morgan fingerprint density at radius 3 is 2.93 bits per heavy atom. The first-order valence-corrected chi connectivity index (χ1v) is 5.40. The van der Waals surface area contributed by atoms with Crippen molar-refractivity contribution in [2.45, 2.75) is 18.9 Å². The van der Waals surface area contributed by atoms with Crippen LogP contribution in [0, 0.1) is 11.7 Å². The Bertz CT molecular complexity index is 325. The van der Waals surface area contributed by atoms with E-state index in [1.807, 2.05) is 0 Å². The molecule has 2 nitrogen and oxygen atoms in total.